The van der Waals surface area contributed by atoms with Crippen LogP contribution in [0.4, 0.5) is 4.39 Å². The standard InChI is InChI=1S/C15H9FN4S/c16-12-3-1-10(2-4-12)5-14-20-13(9-21-14)15-18-7-11(6-17)8-19-15/h1-4,7-9H,5H2. The van der Waals surface area contributed by atoms with Crippen LogP contribution in [-0.4, -0.2) is 15.0 Å². The van der Waals surface area contributed by atoms with Gasteiger partial charge in [-0.1, -0.05) is 12.1 Å². The fraction of sp³-hybridized carbons (Fsp3) is 0.0667. The minimum Gasteiger partial charge on any atom is -0.238 e. The van der Waals surface area contributed by atoms with Crippen LogP contribution in [0.1, 0.15) is 16.1 Å². The summed E-state index contributed by atoms with van der Waals surface area (Å²) in [5, 5.41) is 11.5. The SMILES string of the molecule is N#Cc1cnc(-c2csc(Cc3ccc(F)cc3)n2)nc1. The van der Waals surface area contributed by atoms with Gasteiger partial charge in [-0.2, -0.15) is 5.26 Å². The second-order valence-corrected chi connectivity index (χ2v) is 5.28. The summed E-state index contributed by atoms with van der Waals surface area (Å²) in [4.78, 5) is 12.7. The summed E-state index contributed by atoms with van der Waals surface area (Å²) < 4.78 is 12.9. The van der Waals surface area contributed by atoms with Gasteiger partial charge in [0.15, 0.2) is 5.82 Å². The molecule has 0 saturated carbocycles. The number of benzene rings is 1. The zero-order valence-corrected chi connectivity index (χ0v) is 11.6. The number of hydrogen-bond donors (Lipinski definition) is 0. The van der Waals surface area contributed by atoms with Gasteiger partial charge in [0.05, 0.1) is 10.6 Å². The minimum absolute atomic E-state index is 0.246. The van der Waals surface area contributed by atoms with Gasteiger partial charge >= 0.3 is 0 Å². The minimum atomic E-state index is -0.246. The average molecular weight is 296 g/mol. The molecule has 0 amide bonds. The highest BCUT2D eigenvalue weighted by Gasteiger charge is 2.08. The van der Waals surface area contributed by atoms with Crippen molar-refractivity contribution in [3.8, 4) is 17.6 Å². The lowest BCUT2D eigenvalue weighted by atomic mass is 10.1. The quantitative estimate of drug-likeness (QED) is 0.744. The van der Waals surface area contributed by atoms with E-state index in [4.69, 9.17) is 5.26 Å². The molecule has 3 aromatic rings. The molecule has 3 rings (SSSR count). The highest BCUT2D eigenvalue weighted by Crippen LogP contribution is 2.20. The topological polar surface area (TPSA) is 62.5 Å². The maximum absolute atomic E-state index is 12.9. The zero-order chi connectivity index (χ0) is 14.7. The third-order valence-corrected chi connectivity index (χ3v) is 3.68. The van der Waals surface area contributed by atoms with Crippen LogP contribution < -0.4 is 0 Å². The highest BCUT2D eigenvalue weighted by atomic mass is 32.1. The molecule has 2 aromatic heterocycles. The van der Waals surface area contributed by atoms with E-state index in [0.29, 0.717) is 23.5 Å². The Balaban J connectivity index is 1.79. The Morgan fingerprint density at radius 3 is 2.52 bits per heavy atom. The van der Waals surface area contributed by atoms with Gasteiger partial charge < -0.3 is 0 Å². The molecule has 2 heterocycles. The Morgan fingerprint density at radius 1 is 1.14 bits per heavy atom. The van der Waals surface area contributed by atoms with Crippen molar-refractivity contribution in [1.82, 2.24) is 15.0 Å². The monoisotopic (exact) mass is 296 g/mol. The maximum Gasteiger partial charge on any atom is 0.179 e. The third kappa shape index (κ3) is 3.09. The molecule has 4 nitrogen and oxygen atoms in total. The van der Waals surface area contributed by atoms with Gasteiger partial charge in [0.1, 0.15) is 17.6 Å². The van der Waals surface area contributed by atoms with Crippen LogP contribution in [-0.2, 0) is 6.42 Å². The maximum atomic E-state index is 12.9. The van der Waals surface area contributed by atoms with Crippen molar-refractivity contribution in [3.05, 3.63) is 64.0 Å². The molecule has 0 saturated heterocycles. The van der Waals surface area contributed by atoms with Gasteiger partial charge in [0.2, 0.25) is 0 Å². The lowest BCUT2D eigenvalue weighted by molar-refractivity contribution is 0.627. The van der Waals surface area contributed by atoms with Crippen LogP contribution in [0.3, 0.4) is 0 Å². The Bertz CT molecular complexity index is 788. The molecule has 0 aliphatic heterocycles. The summed E-state index contributed by atoms with van der Waals surface area (Å²) in [6.07, 6.45) is 3.59. The van der Waals surface area contributed by atoms with Gasteiger partial charge in [-0.25, -0.2) is 19.3 Å². The molecular formula is C15H9FN4S. The lowest BCUT2D eigenvalue weighted by Crippen LogP contribution is -1.91. The van der Waals surface area contributed by atoms with Crippen LogP contribution in [0, 0.1) is 17.1 Å². The molecule has 0 spiro atoms. The zero-order valence-electron chi connectivity index (χ0n) is 10.8. The van der Waals surface area contributed by atoms with Crippen molar-refractivity contribution in [1.29, 1.82) is 5.26 Å². The molecule has 0 N–H and O–H groups in total. The smallest absolute Gasteiger partial charge is 0.179 e. The Labute approximate surface area is 124 Å². The van der Waals surface area contributed by atoms with Gasteiger partial charge in [-0.15, -0.1) is 11.3 Å². The molecular weight excluding hydrogens is 287 g/mol. The van der Waals surface area contributed by atoms with E-state index in [-0.39, 0.29) is 5.82 Å². The largest absolute Gasteiger partial charge is 0.238 e. The number of rotatable bonds is 3. The van der Waals surface area contributed by atoms with Crippen LogP contribution in [0.15, 0.2) is 42.0 Å². The molecule has 0 radical (unpaired) electrons. The number of halogens is 1. The van der Waals surface area contributed by atoms with E-state index in [2.05, 4.69) is 15.0 Å². The Kier molecular flexibility index (Phi) is 3.67. The number of thiazole rings is 1. The summed E-state index contributed by atoms with van der Waals surface area (Å²) in [7, 11) is 0. The molecule has 6 heteroatoms. The summed E-state index contributed by atoms with van der Waals surface area (Å²) in [6.45, 7) is 0. The Hall–Kier alpha value is -2.65. The summed E-state index contributed by atoms with van der Waals surface area (Å²) in [5.74, 6) is 0.250. The predicted octanol–water partition coefficient (Wildman–Crippen LogP) is 3.20. The van der Waals surface area contributed by atoms with Crippen molar-refractivity contribution in [3.63, 3.8) is 0 Å². The van der Waals surface area contributed by atoms with E-state index in [1.165, 1.54) is 35.9 Å². The Morgan fingerprint density at radius 2 is 1.86 bits per heavy atom. The molecule has 0 aliphatic rings. The van der Waals surface area contributed by atoms with Gasteiger partial charge in [-0.3, -0.25) is 0 Å². The first-order chi connectivity index (χ1) is 10.2. The van der Waals surface area contributed by atoms with E-state index in [1.807, 2.05) is 11.4 Å². The van der Waals surface area contributed by atoms with Crippen molar-refractivity contribution in [2.45, 2.75) is 6.42 Å². The highest BCUT2D eigenvalue weighted by molar-refractivity contribution is 7.10. The van der Waals surface area contributed by atoms with Crippen LogP contribution in [0.25, 0.3) is 11.5 Å². The number of hydrogen-bond acceptors (Lipinski definition) is 5. The van der Waals surface area contributed by atoms with Crippen molar-refractivity contribution in [2.24, 2.45) is 0 Å². The predicted molar refractivity (Wildman–Crippen MR) is 77.1 cm³/mol. The van der Waals surface area contributed by atoms with Crippen molar-refractivity contribution >= 4 is 11.3 Å². The first-order valence-electron chi connectivity index (χ1n) is 6.16. The number of nitrogens with zero attached hydrogens (tertiary/aromatic N) is 4. The molecule has 0 bridgehead atoms. The fourth-order valence-electron chi connectivity index (χ4n) is 1.79. The molecule has 102 valence electrons. The van der Waals surface area contributed by atoms with E-state index in [0.717, 1.165) is 10.6 Å². The molecule has 21 heavy (non-hydrogen) atoms. The lowest BCUT2D eigenvalue weighted by Gasteiger charge is -1.97. The molecule has 1 aromatic carbocycles. The average Bonchev–Trinajstić information content (AvgIpc) is 2.98. The van der Waals surface area contributed by atoms with Crippen LogP contribution in [0.5, 0.6) is 0 Å². The van der Waals surface area contributed by atoms with Gasteiger partial charge in [-0.05, 0) is 17.7 Å². The first-order valence-corrected chi connectivity index (χ1v) is 7.04. The van der Waals surface area contributed by atoms with E-state index in [1.54, 1.807) is 12.1 Å². The van der Waals surface area contributed by atoms with E-state index < -0.39 is 0 Å². The van der Waals surface area contributed by atoms with Crippen molar-refractivity contribution < 1.29 is 4.39 Å². The van der Waals surface area contributed by atoms with Gasteiger partial charge in [0, 0.05) is 24.2 Å². The third-order valence-electron chi connectivity index (χ3n) is 2.83. The van der Waals surface area contributed by atoms with E-state index in [9.17, 15) is 4.39 Å². The summed E-state index contributed by atoms with van der Waals surface area (Å²) in [6, 6.07) is 8.34. The second kappa shape index (κ2) is 5.77. The molecule has 0 atom stereocenters. The van der Waals surface area contributed by atoms with E-state index >= 15 is 0 Å². The molecule has 0 aliphatic carbocycles. The first kappa shape index (κ1) is 13.3. The molecule has 0 unspecified atom stereocenters. The second-order valence-electron chi connectivity index (χ2n) is 4.34. The van der Waals surface area contributed by atoms with Gasteiger partial charge in [0.25, 0.3) is 0 Å². The molecule has 0 fully saturated rings. The van der Waals surface area contributed by atoms with Crippen molar-refractivity contribution in [2.75, 3.05) is 0 Å². The summed E-state index contributed by atoms with van der Waals surface area (Å²) in [5.41, 5.74) is 2.10. The fourth-order valence-corrected chi connectivity index (χ4v) is 2.60. The number of nitriles is 1. The summed E-state index contributed by atoms with van der Waals surface area (Å²) >= 11 is 1.50. The van der Waals surface area contributed by atoms with Crippen LogP contribution in [0.2, 0.25) is 0 Å². The normalized spacial score (nSPS) is 10.3. The number of aromatic nitrogens is 3. The van der Waals surface area contributed by atoms with Crippen LogP contribution >= 0.6 is 11.3 Å².